The standard InChI is InChI=1S/C10H14N2O4/c1-11-5-8(13)9(14)7-4-12-3-2-6(7)10(15)16/h2-4,8-9,11,13-14H,5H2,1H3,(H,15,16). The van der Waals surface area contributed by atoms with Gasteiger partial charge in [0.2, 0.25) is 0 Å². The molecule has 0 aromatic carbocycles. The highest BCUT2D eigenvalue weighted by Crippen LogP contribution is 2.19. The van der Waals surface area contributed by atoms with E-state index in [1.54, 1.807) is 7.05 Å². The summed E-state index contributed by atoms with van der Waals surface area (Å²) < 4.78 is 0. The molecule has 0 aliphatic carbocycles. The summed E-state index contributed by atoms with van der Waals surface area (Å²) in [4.78, 5) is 14.6. The summed E-state index contributed by atoms with van der Waals surface area (Å²) in [6, 6.07) is 1.28. The van der Waals surface area contributed by atoms with Gasteiger partial charge in [0.05, 0.1) is 11.7 Å². The van der Waals surface area contributed by atoms with Crippen LogP contribution >= 0.6 is 0 Å². The van der Waals surface area contributed by atoms with Crippen molar-refractivity contribution < 1.29 is 20.1 Å². The van der Waals surface area contributed by atoms with E-state index in [0.717, 1.165) is 0 Å². The summed E-state index contributed by atoms with van der Waals surface area (Å²) >= 11 is 0. The zero-order valence-corrected chi connectivity index (χ0v) is 8.79. The number of aromatic nitrogens is 1. The number of rotatable bonds is 5. The minimum atomic E-state index is -1.27. The average Bonchev–Trinajstić information content (AvgIpc) is 2.28. The molecule has 0 aliphatic rings. The highest BCUT2D eigenvalue weighted by Gasteiger charge is 2.23. The fraction of sp³-hybridized carbons (Fsp3) is 0.400. The van der Waals surface area contributed by atoms with Crippen molar-refractivity contribution in [3.8, 4) is 0 Å². The molecule has 0 spiro atoms. The molecule has 16 heavy (non-hydrogen) atoms. The van der Waals surface area contributed by atoms with Crippen molar-refractivity contribution in [2.45, 2.75) is 12.2 Å². The monoisotopic (exact) mass is 226 g/mol. The molecule has 0 aliphatic heterocycles. The lowest BCUT2D eigenvalue weighted by Crippen LogP contribution is -2.30. The molecule has 1 heterocycles. The van der Waals surface area contributed by atoms with Crippen LogP contribution in [0.5, 0.6) is 0 Å². The Hall–Kier alpha value is -1.50. The van der Waals surface area contributed by atoms with E-state index in [9.17, 15) is 15.0 Å². The van der Waals surface area contributed by atoms with Gasteiger partial charge in [-0.2, -0.15) is 0 Å². The lowest BCUT2D eigenvalue weighted by Gasteiger charge is -2.18. The lowest BCUT2D eigenvalue weighted by atomic mass is 10.0. The van der Waals surface area contributed by atoms with Crippen LogP contribution in [-0.2, 0) is 0 Å². The second-order valence-electron chi connectivity index (χ2n) is 3.34. The maximum Gasteiger partial charge on any atom is 0.336 e. The molecule has 1 rings (SSSR count). The Bertz CT molecular complexity index is 370. The third kappa shape index (κ3) is 2.75. The molecule has 6 heteroatoms. The highest BCUT2D eigenvalue weighted by molar-refractivity contribution is 5.89. The number of hydrogen-bond donors (Lipinski definition) is 4. The van der Waals surface area contributed by atoms with Gasteiger partial charge in [-0.05, 0) is 13.1 Å². The number of hydrogen-bond acceptors (Lipinski definition) is 5. The molecule has 4 N–H and O–H groups in total. The van der Waals surface area contributed by atoms with Gasteiger partial charge in [0.1, 0.15) is 6.10 Å². The normalized spacial score (nSPS) is 14.4. The van der Waals surface area contributed by atoms with Crippen molar-refractivity contribution in [3.63, 3.8) is 0 Å². The molecule has 0 amide bonds. The molecular formula is C10H14N2O4. The van der Waals surface area contributed by atoms with Crippen molar-refractivity contribution in [2.24, 2.45) is 0 Å². The molecular weight excluding hydrogens is 212 g/mol. The van der Waals surface area contributed by atoms with E-state index in [2.05, 4.69) is 10.3 Å². The minimum Gasteiger partial charge on any atom is -0.478 e. The van der Waals surface area contributed by atoms with E-state index in [1.807, 2.05) is 0 Å². The fourth-order valence-corrected chi connectivity index (χ4v) is 1.37. The molecule has 0 saturated heterocycles. The first kappa shape index (κ1) is 12.6. The number of carboxylic acid groups (broad SMARTS) is 1. The molecule has 0 fully saturated rings. The van der Waals surface area contributed by atoms with E-state index in [4.69, 9.17) is 5.11 Å². The number of nitrogens with zero attached hydrogens (tertiary/aromatic N) is 1. The van der Waals surface area contributed by atoms with E-state index in [1.165, 1.54) is 18.5 Å². The van der Waals surface area contributed by atoms with Gasteiger partial charge in [0, 0.05) is 24.5 Å². The van der Waals surface area contributed by atoms with Crippen LogP contribution in [0.25, 0.3) is 0 Å². The number of aliphatic hydroxyl groups is 2. The van der Waals surface area contributed by atoms with Gasteiger partial charge >= 0.3 is 5.97 Å². The van der Waals surface area contributed by atoms with Gasteiger partial charge in [-0.15, -0.1) is 0 Å². The molecule has 2 unspecified atom stereocenters. The van der Waals surface area contributed by atoms with Gasteiger partial charge in [0.15, 0.2) is 0 Å². The molecule has 0 bridgehead atoms. The smallest absolute Gasteiger partial charge is 0.336 e. The van der Waals surface area contributed by atoms with Gasteiger partial charge in [-0.25, -0.2) is 4.79 Å². The summed E-state index contributed by atoms with van der Waals surface area (Å²) in [5.41, 5.74) is 0.0513. The Labute approximate surface area is 92.6 Å². The van der Waals surface area contributed by atoms with Crippen molar-refractivity contribution in [3.05, 3.63) is 29.6 Å². The fourth-order valence-electron chi connectivity index (χ4n) is 1.37. The van der Waals surface area contributed by atoms with Crippen LogP contribution in [-0.4, -0.2) is 46.0 Å². The molecule has 2 atom stereocenters. The summed E-state index contributed by atoms with van der Waals surface area (Å²) in [6.45, 7) is 0.162. The average molecular weight is 226 g/mol. The van der Waals surface area contributed by atoms with E-state index in [0.29, 0.717) is 0 Å². The van der Waals surface area contributed by atoms with Crippen LogP contribution < -0.4 is 5.32 Å². The van der Waals surface area contributed by atoms with Crippen LogP contribution in [0.2, 0.25) is 0 Å². The van der Waals surface area contributed by atoms with Crippen molar-refractivity contribution in [1.29, 1.82) is 0 Å². The Morgan fingerprint density at radius 2 is 2.25 bits per heavy atom. The predicted octanol–water partition coefficient (Wildman–Crippen LogP) is -0.607. The molecule has 1 aromatic heterocycles. The SMILES string of the molecule is CNCC(O)C(O)c1cnccc1C(=O)O. The number of aliphatic hydroxyl groups excluding tert-OH is 2. The van der Waals surface area contributed by atoms with Gasteiger partial charge in [-0.3, -0.25) is 4.98 Å². The third-order valence-corrected chi connectivity index (χ3v) is 2.18. The number of carboxylic acids is 1. The molecule has 88 valence electrons. The highest BCUT2D eigenvalue weighted by atomic mass is 16.4. The number of aromatic carboxylic acids is 1. The molecule has 6 nitrogen and oxygen atoms in total. The molecule has 1 aromatic rings. The van der Waals surface area contributed by atoms with Crippen LogP contribution in [0.1, 0.15) is 22.0 Å². The van der Waals surface area contributed by atoms with Crippen molar-refractivity contribution in [1.82, 2.24) is 10.3 Å². The van der Waals surface area contributed by atoms with Crippen LogP contribution in [0.4, 0.5) is 0 Å². The minimum absolute atomic E-state index is 0.0577. The Morgan fingerprint density at radius 3 is 2.81 bits per heavy atom. The molecule has 0 saturated carbocycles. The number of nitrogens with one attached hydrogen (secondary N) is 1. The summed E-state index contributed by atoms with van der Waals surface area (Å²) in [5, 5.41) is 30.9. The van der Waals surface area contributed by atoms with E-state index >= 15 is 0 Å². The Kier molecular flexibility index (Phi) is 4.36. The van der Waals surface area contributed by atoms with E-state index in [-0.39, 0.29) is 17.7 Å². The third-order valence-electron chi connectivity index (χ3n) is 2.18. The first-order chi connectivity index (χ1) is 7.57. The second kappa shape index (κ2) is 5.55. The quantitative estimate of drug-likeness (QED) is 0.534. The Morgan fingerprint density at radius 1 is 1.56 bits per heavy atom. The topological polar surface area (TPSA) is 103 Å². The summed E-state index contributed by atoms with van der Waals surface area (Å²) in [5.74, 6) is -1.16. The second-order valence-corrected chi connectivity index (χ2v) is 3.34. The summed E-state index contributed by atoms with van der Waals surface area (Å²) in [7, 11) is 1.62. The van der Waals surface area contributed by atoms with Crippen LogP contribution in [0, 0.1) is 0 Å². The van der Waals surface area contributed by atoms with Gasteiger partial charge < -0.3 is 20.6 Å². The van der Waals surface area contributed by atoms with Crippen molar-refractivity contribution >= 4 is 5.97 Å². The van der Waals surface area contributed by atoms with Crippen LogP contribution in [0.3, 0.4) is 0 Å². The predicted molar refractivity (Wildman–Crippen MR) is 56.1 cm³/mol. The van der Waals surface area contributed by atoms with Gasteiger partial charge in [0.25, 0.3) is 0 Å². The van der Waals surface area contributed by atoms with Crippen LogP contribution in [0.15, 0.2) is 18.5 Å². The number of carbonyl (C=O) groups is 1. The van der Waals surface area contributed by atoms with Crippen molar-refractivity contribution in [2.75, 3.05) is 13.6 Å². The maximum atomic E-state index is 10.9. The zero-order valence-electron chi connectivity index (χ0n) is 8.79. The van der Waals surface area contributed by atoms with E-state index < -0.39 is 18.2 Å². The summed E-state index contributed by atoms with van der Waals surface area (Å²) in [6.07, 6.45) is 0.219. The lowest BCUT2D eigenvalue weighted by molar-refractivity contribution is 0.0190. The molecule has 0 radical (unpaired) electrons. The number of likely N-dealkylation sites (N-methyl/N-ethyl adjacent to an activating group) is 1. The first-order valence-electron chi connectivity index (χ1n) is 4.76. The number of pyridine rings is 1. The largest absolute Gasteiger partial charge is 0.478 e. The Balaban J connectivity index is 2.98. The van der Waals surface area contributed by atoms with Gasteiger partial charge in [-0.1, -0.05) is 0 Å². The maximum absolute atomic E-state index is 10.9. The first-order valence-corrected chi connectivity index (χ1v) is 4.76. The zero-order chi connectivity index (χ0) is 12.1.